The van der Waals surface area contributed by atoms with Crippen molar-refractivity contribution in [2.24, 2.45) is 0 Å². The maximum atomic E-state index is 13.6. The molecule has 0 aliphatic heterocycles. The Kier molecular flexibility index (Phi) is 9.24. The molecule has 0 radical (unpaired) electrons. The molecule has 1 aliphatic carbocycles. The minimum atomic E-state index is -0.595. The SMILES string of the molecule is CCOc1ccc(NC(=O)c2ccc(NC(=O)COC(=O)c3c4c(nc5ccccc35)C(=Cc3ccc(O)cc3)CCC4)cc2)cc1. The van der Waals surface area contributed by atoms with E-state index < -0.39 is 18.5 Å². The number of phenolic OH excluding ortho intramolecular Hbond substituents is 1. The van der Waals surface area contributed by atoms with E-state index in [0.29, 0.717) is 46.4 Å². The molecule has 3 N–H and O–H groups in total. The second kappa shape index (κ2) is 14.0. The zero-order valence-electron chi connectivity index (χ0n) is 25.8. The summed E-state index contributed by atoms with van der Waals surface area (Å²) in [6.45, 7) is 1.98. The number of aromatic hydroxyl groups is 1. The number of anilines is 2. The number of benzene rings is 4. The number of rotatable bonds is 9. The first-order chi connectivity index (χ1) is 22.9. The van der Waals surface area contributed by atoms with Crippen molar-refractivity contribution in [2.75, 3.05) is 23.8 Å². The van der Waals surface area contributed by atoms with Crippen LogP contribution in [0.15, 0.2) is 97.1 Å². The lowest BCUT2D eigenvalue weighted by Crippen LogP contribution is -2.22. The first-order valence-electron chi connectivity index (χ1n) is 15.4. The molecular formula is C38H33N3O6. The lowest BCUT2D eigenvalue weighted by molar-refractivity contribution is -0.119. The van der Waals surface area contributed by atoms with E-state index in [0.717, 1.165) is 41.0 Å². The van der Waals surface area contributed by atoms with Crippen molar-refractivity contribution in [3.05, 3.63) is 125 Å². The van der Waals surface area contributed by atoms with Crippen LogP contribution in [0.1, 0.15) is 57.3 Å². The minimum Gasteiger partial charge on any atom is -0.508 e. The molecule has 0 unspecified atom stereocenters. The van der Waals surface area contributed by atoms with Gasteiger partial charge < -0.3 is 25.2 Å². The Hall–Kier alpha value is -5.96. The molecule has 9 heteroatoms. The number of amides is 2. The van der Waals surface area contributed by atoms with Gasteiger partial charge in [-0.15, -0.1) is 0 Å². The van der Waals surface area contributed by atoms with Crippen LogP contribution in [0.3, 0.4) is 0 Å². The first kappa shape index (κ1) is 31.0. The van der Waals surface area contributed by atoms with E-state index in [-0.39, 0.29) is 11.7 Å². The zero-order chi connectivity index (χ0) is 32.8. The van der Waals surface area contributed by atoms with Crippen LogP contribution >= 0.6 is 0 Å². The molecule has 6 rings (SSSR count). The quantitative estimate of drug-likeness (QED) is 0.147. The fourth-order valence-electron chi connectivity index (χ4n) is 5.59. The smallest absolute Gasteiger partial charge is 0.339 e. The van der Waals surface area contributed by atoms with E-state index in [2.05, 4.69) is 10.6 Å². The van der Waals surface area contributed by atoms with Crippen molar-refractivity contribution < 1.29 is 29.0 Å². The van der Waals surface area contributed by atoms with E-state index in [1.165, 1.54) is 0 Å². The number of hydrogen-bond donors (Lipinski definition) is 3. The van der Waals surface area contributed by atoms with Crippen LogP contribution in [0.5, 0.6) is 11.5 Å². The number of nitrogens with zero attached hydrogens (tertiary/aromatic N) is 1. The van der Waals surface area contributed by atoms with Gasteiger partial charge in [0.25, 0.3) is 11.8 Å². The molecule has 9 nitrogen and oxygen atoms in total. The number of aromatic nitrogens is 1. The summed E-state index contributed by atoms with van der Waals surface area (Å²) < 4.78 is 11.0. The van der Waals surface area contributed by atoms with E-state index in [1.807, 2.05) is 49.4 Å². The van der Waals surface area contributed by atoms with Crippen LogP contribution in [0.4, 0.5) is 11.4 Å². The summed E-state index contributed by atoms with van der Waals surface area (Å²) in [6.07, 6.45) is 4.29. The fraction of sp³-hybridized carbons (Fsp3) is 0.158. The summed E-state index contributed by atoms with van der Waals surface area (Å²) in [4.78, 5) is 44.0. The molecule has 0 fully saturated rings. The highest BCUT2D eigenvalue weighted by atomic mass is 16.5. The molecule has 47 heavy (non-hydrogen) atoms. The second-order valence-electron chi connectivity index (χ2n) is 11.1. The fourth-order valence-corrected chi connectivity index (χ4v) is 5.59. The zero-order valence-corrected chi connectivity index (χ0v) is 25.8. The standard InChI is InChI=1S/C38H33N3O6/c1-2-46-30-20-16-28(17-21-30)40-37(44)25-12-14-27(15-13-25)39-34(43)23-47-38(45)35-31-7-3-4-9-33(31)41-36-26(6-5-8-32(35)36)22-24-10-18-29(42)19-11-24/h3-4,7,9-22,42H,2,5-6,8,23H2,1H3,(H,39,43)(H,40,44). The third-order valence-electron chi connectivity index (χ3n) is 7.80. The number of carbonyl (C=O) groups excluding carboxylic acids is 3. The molecule has 1 heterocycles. The van der Waals surface area contributed by atoms with Crippen molar-refractivity contribution in [3.8, 4) is 11.5 Å². The number of ether oxygens (including phenoxy) is 2. The van der Waals surface area contributed by atoms with Crippen LogP contribution in [0.2, 0.25) is 0 Å². The molecule has 4 aromatic carbocycles. The Labute approximate surface area is 271 Å². The van der Waals surface area contributed by atoms with Gasteiger partial charge in [-0.25, -0.2) is 9.78 Å². The Balaban J connectivity index is 1.13. The lowest BCUT2D eigenvalue weighted by Gasteiger charge is -2.22. The number of esters is 1. The Bertz CT molecular complexity index is 1970. The second-order valence-corrected chi connectivity index (χ2v) is 11.1. The molecule has 236 valence electrons. The summed E-state index contributed by atoms with van der Waals surface area (Å²) in [5.41, 5.74) is 6.02. The predicted octanol–water partition coefficient (Wildman–Crippen LogP) is 7.26. The molecular weight excluding hydrogens is 594 g/mol. The summed E-state index contributed by atoms with van der Waals surface area (Å²) >= 11 is 0. The van der Waals surface area contributed by atoms with Gasteiger partial charge in [-0.1, -0.05) is 30.3 Å². The van der Waals surface area contributed by atoms with E-state index in [1.54, 1.807) is 60.7 Å². The van der Waals surface area contributed by atoms with E-state index >= 15 is 0 Å². The molecule has 0 saturated carbocycles. The molecule has 1 aliphatic rings. The summed E-state index contributed by atoms with van der Waals surface area (Å²) in [5, 5.41) is 15.9. The Morgan fingerprint density at radius 1 is 0.851 bits per heavy atom. The van der Waals surface area contributed by atoms with Crippen molar-refractivity contribution in [2.45, 2.75) is 26.2 Å². The van der Waals surface area contributed by atoms with Gasteiger partial charge >= 0.3 is 5.97 Å². The molecule has 5 aromatic rings. The number of allylic oxidation sites excluding steroid dienone is 1. The van der Waals surface area contributed by atoms with Gasteiger partial charge in [0.2, 0.25) is 0 Å². The predicted molar refractivity (Wildman–Crippen MR) is 182 cm³/mol. The number of para-hydroxylation sites is 1. The monoisotopic (exact) mass is 627 g/mol. The van der Waals surface area contributed by atoms with Gasteiger partial charge in [0.1, 0.15) is 11.5 Å². The third-order valence-corrected chi connectivity index (χ3v) is 7.80. The highest BCUT2D eigenvalue weighted by molar-refractivity contribution is 6.08. The summed E-state index contributed by atoms with van der Waals surface area (Å²) in [5.74, 6) is -0.491. The highest BCUT2D eigenvalue weighted by Gasteiger charge is 2.26. The number of hydrogen-bond acceptors (Lipinski definition) is 7. The van der Waals surface area contributed by atoms with Crippen molar-refractivity contribution in [1.29, 1.82) is 0 Å². The molecule has 0 saturated heterocycles. The molecule has 1 aromatic heterocycles. The third kappa shape index (κ3) is 7.31. The van der Waals surface area contributed by atoms with Gasteiger partial charge in [0.15, 0.2) is 6.61 Å². The largest absolute Gasteiger partial charge is 0.508 e. The van der Waals surface area contributed by atoms with Gasteiger partial charge in [-0.3, -0.25) is 9.59 Å². The molecule has 2 amide bonds. The topological polar surface area (TPSA) is 127 Å². The van der Waals surface area contributed by atoms with Crippen LogP contribution in [0.25, 0.3) is 22.6 Å². The lowest BCUT2D eigenvalue weighted by atomic mass is 9.86. The molecule has 0 bridgehead atoms. The summed E-state index contributed by atoms with van der Waals surface area (Å²) in [7, 11) is 0. The average Bonchev–Trinajstić information content (AvgIpc) is 3.08. The molecule has 0 spiro atoms. The molecule has 0 atom stereocenters. The van der Waals surface area contributed by atoms with Crippen LogP contribution in [0, 0.1) is 0 Å². The maximum Gasteiger partial charge on any atom is 0.339 e. The van der Waals surface area contributed by atoms with Crippen molar-refractivity contribution in [3.63, 3.8) is 0 Å². The van der Waals surface area contributed by atoms with Crippen molar-refractivity contribution in [1.82, 2.24) is 4.98 Å². The van der Waals surface area contributed by atoms with E-state index in [4.69, 9.17) is 14.5 Å². The number of carbonyl (C=O) groups is 3. The van der Waals surface area contributed by atoms with Crippen LogP contribution < -0.4 is 15.4 Å². The van der Waals surface area contributed by atoms with Gasteiger partial charge in [0.05, 0.1) is 23.4 Å². The van der Waals surface area contributed by atoms with Crippen LogP contribution in [-0.2, 0) is 16.0 Å². The van der Waals surface area contributed by atoms with E-state index in [9.17, 15) is 19.5 Å². The number of phenols is 1. The van der Waals surface area contributed by atoms with Crippen LogP contribution in [-0.4, -0.2) is 41.1 Å². The number of fused-ring (bicyclic) bond motifs is 2. The normalized spacial score (nSPS) is 13.1. The number of nitrogens with one attached hydrogen (secondary N) is 2. The van der Waals surface area contributed by atoms with Gasteiger partial charge in [0, 0.05) is 22.3 Å². The van der Waals surface area contributed by atoms with Gasteiger partial charge in [-0.05, 0) is 116 Å². The number of pyridine rings is 1. The average molecular weight is 628 g/mol. The summed E-state index contributed by atoms with van der Waals surface area (Å²) in [6, 6.07) is 27.8. The minimum absolute atomic E-state index is 0.190. The van der Waals surface area contributed by atoms with Gasteiger partial charge in [-0.2, -0.15) is 0 Å². The first-order valence-corrected chi connectivity index (χ1v) is 15.4. The van der Waals surface area contributed by atoms with Crippen molar-refractivity contribution >= 4 is 51.7 Å². The maximum absolute atomic E-state index is 13.6. The highest BCUT2D eigenvalue weighted by Crippen LogP contribution is 2.36. The Morgan fingerprint density at radius 2 is 1.55 bits per heavy atom. The Morgan fingerprint density at radius 3 is 2.30 bits per heavy atom.